The van der Waals surface area contributed by atoms with Gasteiger partial charge in [0.2, 0.25) is 0 Å². The van der Waals surface area contributed by atoms with Gasteiger partial charge in [0.05, 0.1) is 13.7 Å². The van der Waals surface area contributed by atoms with Crippen LogP contribution in [0.2, 0.25) is 0 Å². The Morgan fingerprint density at radius 2 is 1.96 bits per heavy atom. The predicted octanol–water partition coefficient (Wildman–Crippen LogP) is 3.61. The van der Waals surface area contributed by atoms with Crippen LogP contribution in [0.1, 0.15) is 29.3 Å². The lowest BCUT2D eigenvalue weighted by molar-refractivity contribution is 0.181. The van der Waals surface area contributed by atoms with E-state index in [9.17, 15) is 0 Å². The fourth-order valence-electron chi connectivity index (χ4n) is 2.81. The summed E-state index contributed by atoms with van der Waals surface area (Å²) in [5.74, 6) is 0.875. The first-order chi connectivity index (χ1) is 11.5. The highest BCUT2D eigenvalue weighted by molar-refractivity contribution is 5.37. The second-order valence-electron chi connectivity index (χ2n) is 6.37. The number of nitrogens with zero attached hydrogens (tertiary/aromatic N) is 2. The normalized spacial score (nSPS) is 12.4. The zero-order chi connectivity index (χ0) is 17.5. The Morgan fingerprint density at radius 3 is 2.62 bits per heavy atom. The van der Waals surface area contributed by atoms with Crippen LogP contribution in [0, 0.1) is 6.92 Å². The summed E-state index contributed by atoms with van der Waals surface area (Å²) >= 11 is 0. The second kappa shape index (κ2) is 8.81. The van der Waals surface area contributed by atoms with Gasteiger partial charge in [-0.15, -0.1) is 0 Å². The summed E-state index contributed by atoms with van der Waals surface area (Å²) < 4.78 is 10.7. The highest BCUT2D eigenvalue weighted by atomic mass is 16.5. The minimum atomic E-state index is 0.410. The van der Waals surface area contributed by atoms with E-state index in [2.05, 4.69) is 49.0 Å². The summed E-state index contributed by atoms with van der Waals surface area (Å²) in [6.45, 7) is 5.79. The molecule has 2 aromatic rings. The van der Waals surface area contributed by atoms with E-state index in [1.54, 1.807) is 14.2 Å². The lowest BCUT2D eigenvalue weighted by atomic mass is 10.1. The largest absolute Gasteiger partial charge is 0.496 e. The maximum atomic E-state index is 5.39. The molecule has 0 aliphatic rings. The molecule has 1 heterocycles. The van der Waals surface area contributed by atoms with Gasteiger partial charge in [-0.1, -0.05) is 6.07 Å². The minimum Gasteiger partial charge on any atom is -0.496 e. The predicted molar refractivity (Wildman–Crippen MR) is 97.3 cm³/mol. The molecule has 0 fully saturated rings. The van der Waals surface area contributed by atoms with E-state index in [0.29, 0.717) is 12.6 Å². The average molecular weight is 328 g/mol. The van der Waals surface area contributed by atoms with E-state index in [-0.39, 0.29) is 0 Å². The summed E-state index contributed by atoms with van der Waals surface area (Å²) in [4.78, 5) is 6.82. The average Bonchev–Trinajstić information content (AvgIpc) is 2.55. The van der Waals surface area contributed by atoms with Crippen molar-refractivity contribution in [3.63, 3.8) is 0 Å². The van der Waals surface area contributed by atoms with Gasteiger partial charge in [0.1, 0.15) is 5.75 Å². The molecule has 0 aliphatic carbocycles. The third-order valence-corrected chi connectivity index (χ3v) is 4.31. The van der Waals surface area contributed by atoms with Crippen LogP contribution in [0.5, 0.6) is 5.75 Å². The second-order valence-corrected chi connectivity index (χ2v) is 6.37. The molecule has 2 rings (SSSR count). The number of pyridine rings is 1. The van der Waals surface area contributed by atoms with Crippen LogP contribution in [0.4, 0.5) is 0 Å². The summed E-state index contributed by atoms with van der Waals surface area (Å²) in [5.41, 5.74) is 4.74. The molecule has 1 aromatic carbocycles. The highest BCUT2D eigenvalue weighted by Crippen LogP contribution is 2.22. The number of rotatable bonds is 8. The molecule has 0 bridgehead atoms. The van der Waals surface area contributed by atoms with Crippen LogP contribution >= 0.6 is 0 Å². The fourth-order valence-corrected chi connectivity index (χ4v) is 2.81. The smallest absolute Gasteiger partial charge is 0.124 e. The maximum Gasteiger partial charge on any atom is 0.124 e. The van der Waals surface area contributed by atoms with Gasteiger partial charge in [-0.3, -0.25) is 9.88 Å². The summed E-state index contributed by atoms with van der Waals surface area (Å²) in [7, 11) is 5.55. The van der Waals surface area contributed by atoms with Crippen LogP contribution in [-0.2, 0) is 24.3 Å². The number of hydrogen-bond donors (Lipinski definition) is 0. The highest BCUT2D eigenvalue weighted by Gasteiger charge is 2.13. The van der Waals surface area contributed by atoms with Crippen LogP contribution in [0.25, 0.3) is 0 Å². The fraction of sp³-hybridized carbons (Fsp3) is 0.450. The quantitative estimate of drug-likeness (QED) is 0.741. The van der Waals surface area contributed by atoms with Crippen molar-refractivity contribution in [1.82, 2.24) is 9.88 Å². The minimum absolute atomic E-state index is 0.410. The van der Waals surface area contributed by atoms with Crippen molar-refractivity contribution in [3.8, 4) is 5.75 Å². The Balaban J connectivity index is 2.02. The van der Waals surface area contributed by atoms with E-state index in [1.807, 2.05) is 18.3 Å². The molecule has 0 aliphatic heterocycles. The molecule has 0 saturated carbocycles. The molecule has 0 radical (unpaired) electrons. The van der Waals surface area contributed by atoms with Crippen LogP contribution < -0.4 is 4.74 Å². The molecule has 4 nitrogen and oxygen atoms in total. The maximum absolute atomic E-state index is 5.39. The molecule has 0 N–H and O–H groups in total. The van der Waals surface area contributed by atoms with Crippen molar-refractivity contribution in [2.45, 2.75) is 39.5 Å². The first kappa shape index (κ1) is 18.4. The Labute approximate surface area is 145 Å². The van der Waals surface area contributed by atoms with E-state index in [1.165, 1.54) is 11.1 Å². The number of aryl methyl sites for hydroxylation is 1. The SMILES string of the molecule is COCc1cc(CN(C)C(C)Cc2cc(C)ccn2)ccc1OC. The number of likely N-dealkylation sites (N-methyl/N-ethyl adjacent to an activating group) is 1. The molecule has 130 valence electrons. The monoisotopic (exact) mass is 328 g/mol. The van der Waals surface area contributed by atoms with Gasteiger partial charge in [-0.05, 0) is 56.3 Å². The summed E-state index contributed by atoms with van der Waals surface area (Å²) in [6.07, 6.45) is 2.83. The van der Waals surface area contributed by atoms with Gasteiger partial charge in [0.15, 0.2) is 0 Å². The molecule has 0 spiro atoms. The Bertz CT molecular complexity index is 658. The van der Waals surface area contributed by atoms with Crippen molar-refractivity contribution in [1.29, 1.82) is 0 Å². The molecule has 0 saturated heterocycles. The third kappa shape index (κ3) is 5.05. The Kier molecular flexibility index (Phi) is 6.76. The van der Waals surface area contributed by atoms with Crippen molar-refractivity contribution in [3.05, 3.63) is 58.9 Å². The third-order valence-electron chi connectivity index (χ3n) is 4.31. The Hall–Kier alpha value is -1.91. The molecule has 1 atom stereocenters. The van der Waals surface area contributed by atoms with Gasteiger partial charge >= 0.3 is 0 Å². The number of benzene rings is 1. The van der Waals surface area contributed by atoms with Crippen molar-refractivity contribution in [2.75, 3.05) is 21.3 Å². The standard InChI is InChI=1S/C20H28N2O2/c1-15-8-9-21-19(10-15)11-16(2)22(3)13-17-6-7-20(24-5)18(12-17)14-23-4/h6-10,12,16H,11,13-14H2,1-5H3. The van der Waals surface area contributed by atoms with Gasteiger partial charge < -0.3 is 9.47 Å². The lowest BCUT2D eigenvalue weighted by Gasteiger charge is -2.25. The van der Waals surface area contributed by atoms with Crippen molar-refractivity contribution < 1.29 is 9.47 Å². The first-order valence-electron chi connectivity index (χ1n) is 8.30. The number of ether oxygens (including phenoxy) is 2. The molecule has 0 amide bonds. The lowest BCUT2D eigenvalue weighted by Crippen LogP contribution is -2.30. The van der Waals surface area contributed by atoms with Crippen LogP contribution in [0.3, 0.4) is 0 Å². The van der Waals surface area contributed by atoms with Crippen molar-refractivity contribution >= 4 is 0 Å². The van der Waals surface area contributed by atoms with Gasteiger partial charge in [-0.2, -0.15) is 0 Å². The molecule has 4 heteroatoms. The van der Waals surface area contributed by atoms with Crippen molar-refractivity contribution in [2.24, 2.45) is 0 Å². The molecule has 1 aromatic heterocycles. The first-order valence-corrected chi connectivity index (χ1v) is 8.30. The van der Waals surface area contributed by atoms with Gasteiger partial charge in [-0.25, -0.2) is 0 Å². The van der Waals surface area contributed by atoms with Crippen LogP contribution in [-0.4, -0.2) is 37.2 Å². The summed E-state index contributed by atoms with van der Waals surface area (Å²) in [6, 6.07) is 10.9. The van der Waals surface area contributed by atoms with E-state index < -0.39 is 0 Å². The van der Waals surface area contributed by atoms with E-state index >= 15 is 0 Å². The number of methoxy groups -OCH3 is 2. The molecular formula is C20H28N2O2. The topological polar surface area (TPSA) is 34.6 Å². The van der Waals surface area contributed by atoms with Gasteiger partial charge in [0.25, 0.3) is 0 Å². The molecular weight excluding hydrogens is 300 g/mol. The Morgan fingerprint density at radius 1 is 1.17 bits per heavy atom. The summed E-state index contributed by atoms with van der Waals surface area (Å²) in [5, 5.41) is 0. The molecule has 1 unspecified atom stereocenters. The zero-order valence-electron chi connectivity index (χ0n) is 15.4. The molecule has 24 heavy (non-hydrogen) atoms. The van der Waals surface area contributed by atoms with Crippen LogP contribution in [0.15, 0.2) is 36.5 Å². The zero-order valence-corrected chi connectivity index (χ0v) is 15.4. The van der Waals surface area contributed by atoms with E-state index in [4.69, 9.17) is 9.47 Å². The number of aromatic nitrogens is 1. The van der Waals surface area contributed by atoms with Gasteiger partial charge in [0, 0.05) is 43.6 Å². The van der Waals surface area contributed by atoms with E-state index in [0.717, 1.165) is 30.0 Å². The number of hydrogen-bond acceptors (Lipinski definition) is 4.